The number of nitrogens with one attached hydrogen (secondary N) is 2. The van der Waals surface area contributed by atoms with Crippen LogP contribution in [0.4, 0.5) is 4.39 Å². The van der Waals surface area contributed by atoms with Crippen molar-refractivity contribution in [2.75, 3.05) is 19.0 Å². The zero-order valence-electron chi connectivity index (χ0n) is 10.8. The molecule has 1 amide bonds. The number of halogens is 2. The number of amides is 1. The van der Waals surface area contributed by atoms with E-state index in [-0.39, 0.29) is 17.3 Å². The van der Waals surface area contributed by atoms with E-state index in [9.17, 15) is 9.18 Å². The third-order valence-electron chi connectivity index (χ3n) is 2.44. The number of hydrogen-bond acceptors (Lipinski definition) is 3. The summed E-state index contributed by atoms with van der Waals surface area (Å²) >= 11 is 5.44. The molecule has 4 nitrogen and oxygen atoms in total. The molecule has 0 saturated heterocycles. The van der Waals surface area contributed by atoms with Gasteiger partial charge in [0.05, 0.1) is 0 Å². The number of hydrogen-bond donors (Lipinski definition) is 2. The Kier molecular flexibility index (Phi) is 7.15. The molecule has 0 atom stereocenters. The van der Waals surface area contributed by atoms with Crippen LogP contribution in [0.5, 0.6) is 0 Å². The SMILES string of the molecule is N#C/C(=C/NCCc1cccc(F)c1)C(=O)NCCCl. The van der Waals surface area contributed by atoms with Crippen LogP contribution in [0.3, 0.4) is 0 Å². The van der Waals surface area contributed by atoms with Crippen molar-refractivity contribution in [2.45, 2.75) is 6.42 Å². The molecular formula is C14H15ClFN3O. The van der Waals surface area contributed by atoms with Crippen molar-refractivity contribution in [3.63, 3.8) is 0 Å². The molecule has 1 aromatic carbocycles. The van der Waals surface area contributed by atoms with Crippen molar-refractivity contribution in [2.24, 2.45) is 0 Å². The van der Waals surface area contributed by atoms with Gasteiger partial charge in [0.25, 0.3) is 5.91 Å². The maximum Gasteiger partial charge on any atom is 0.263 e. The Morgan fingerprint density at radius 2 is 2.25 bits per heavy atom. The molecule has 20 heavy (non-hydrogen) atoms. The average molecular weight is 296 g/mol. The summed E-state index contributed by atoms with van der Waals surface area (Å²) in [7, 11) is 0. The second kappa shape index (κ2) is 8.94. The summed E-state index contributed by atoms with van der Waals surface area (Å²) in [6, 6.07) is 8.08. The number of carbonyl (C=O) groups excluding carboxylic acids is 1. The van der Waals surface area contributed by atoms with Crippen molar-refractivity contribution in [3.05, 3.63) is 47.4 Å². The minimum absolute atomic E-state index is 0.0191. The summed E-state index contributed by atoms with van der Waals surface area (Å²) in [6.07, 6.45) is 1.94. The van der Waals surface area contributed by atoms with Gasteiger partial charge in [0.1, 0.15) is 17.5 Å². The molecule has 0 spiro atoms. The van der Waals surface area contributed by atoms with Gasteiger partial charge in [0.15, 0.2) is 0 Å². The number of nitriles is 1. The van der Waals surface area contributed by atoms with E-state index in [4.69, 9.17) is 16.9 Å². The Balaban J connectivity index is 2.42. The summed E-state index contributed by atoms with van der Waals surface area (Å²) < 4.78 is 12.9. The van der Waals surface area contributed by atoms with E-state index in [0.29, 0.717) is 19.5 Å². The van der Waals surface area contributed by atoms with E-state index in [2.05, 4.69) is 10.6 Å². The van der Waals surface area contributed by atoms with E-state index in [1.54, 1.807) is 12.1 Å². The molecular weight excluding hydrogens is 281 g/mol. The van der Waals surface area contributed by atoms with Crippen LogP contribution in [0.2, 0.25) is 0 Å². The highest BCUT2D eigenvalue weighted by Gasteiger charge is 2.06. The van der Waals surface area contributed by atoms with Gasteiger partial charge in [-0.25, -0.2) is 4.39 Å². The lowest BCUT2D eigenvalue weighted by Gasteiger charge is -2.04. The fourth-order valence-electron chi connectivity index (χ4n) is 1.49. The molecule has 0 fully saturated rings. The molecule has 0 bridgehead atoms. The topological polar surface area (TPSA) is 64.9 Å². The maximum atomic E-state index is 12.9. The second-order valence-corrected chi connectivity index (χ2v) is 4.33. The molecule has 6 heteroatoms. The lowest BCUT2D eigenvalue weighted by molar-refractivity contribution is -0.117. The molecule has 0 aliphatic heterocycles. The Bertz CT molecular complexity index is 525. The first-order valence-electron chi connectivity index (χ1n) is 6.09. The lowest BCUT2D eigenvalue weighted by atomic mass is 10.1. The van der Waals surface area contributed by atoms with Gasteiger partial charge >= 0.3 is 0 Å². The van der Waals surface area contributed by atoms with Crippen LogP contribution in [0.1, 0.15) is 5.56 Å². The normalized spacial score (nSPS) is 10.8. The van der Waals surface area contributed by atoms with Crippen LogP contribution in [0, 0.1) is 17.1 Å². The van der Waals surface area contributed by atoms with Gasteiger partial charge in [-0.3, -0.25) is 4.79 Å². The Labute approximate surface area is 122 Å². The maximum absolute atomic E-state index is 12.9. The molecule has 0 heterocycles. The van der Waals surface area contributed by atoms with Gasteiger partial charge in [-0.05, 0) is 24.1 Å². The van der Waals surface area contributed by atoms with Crippen LogP contribution in [0.25, 0.3) is 0 Å². The largest absolute Gasteiger partial charge is 0.389 e. The van der Waals surface area contributed by atoms with Gasteiger partial charge in [-0.15, -0.1) is 11.6 Å². The van der Waals surface area contributed by atoms with Crippen molar-refractivity contribution in [1.82, 2.24) is 10.6 Å². The average Bonchev–Trinajstić information content (AvgIpc) is 2.45. The highest BCUT2D eigenvalue weighted by Crippen LogP contribution is 2.03. The molecule has 0 saturated carbocycles. The minimum Gasteiger partial charge on any atom is -0.389 e. The molecule has 0 aliphatic rings. The Morgan fingerprint density at radius 3 is 2.90 bits per heavy atom. The van der Waals surface area contributed by atoms with Crippen molar-refractivity contribution >= 4 is 17.5 Å². The van der Waals surface area contributed by atoms with E-state index in [0.717, 1.165) is 5.56 Å². The van der Waals surface area contributed by atoms with Gasteiger partial charge in [-0.2, -0.15) is 5.26 Å². The Hall–Kier alpha value is -2.06. The molecule has 106 valence electrons. The monoisotopic (exact) mass is 295 g/mol. The summed E-state index contributed by atoms with van der Waals surface area (Å²) in [4.78, 5) is 11.5. The predicted molar refractivity (Wildman–Crippen MR) is 75.5 cm³/mol. The summed E-state index contributed by atoms with van der Waals surface area (Å²) in [5, 5.41) is 14.2. The van der Waals surface area contributed by atoms with Crippen molar-refractivity contribution < 1.29 is 9.18 Å². The van der Waals surface area contributed by atoms with Gasteiger partial charge in [0, 0.05) is 25.2 Å². The summed E-state index contributed by atoms with van der Waals surface area (Å²) in [5.41, 5.74) is 0.824. The van der Waals surface area contributed by atoms with Crippen LogP contribution < -0.4 is 10.6 Å². The third-order valence-corrected chi connectivity index (χ3v) is 2.63. The zero-order chi connectivity index (χ0) is 14.8. The van der Waals surface area contributed by atoms with Crippen molar-refractivity contribution in [1.29, 1.82) is 5.26 Å². The summed E-state index contributed by atoms with van der Waals surface area (Å²) in [6.45, 7) is 0.806. The minimum atomic E-state index is -0.466. The highest BCUT2D eigenvalue weighted by molar-refractivity contribution is 6.18. The number of benzene rings is 1. The van der Waals surface area contributed by atoms with Crippen LogP contribution in [-0.4, -0.2) is 24.9 Å². The lowest BCUT2D eigenvalue weighted by Crippen LogP contribution is -2.27. The predicted octanol–water partition coefficient (Wildman–Crippen LogP) is 1.72. The quantitative estimate of drug-likeness (QED) is 0.348. The van der Waals surface area contributed by atoms with Crippen molar-refractivity contribution in [3.8, 4) is 6.07 Å². The van der Waals surface area contributed by atoms with Gasteiger partial charge in [-0.1, -0.05) is 12.1 Å². The molecule has 0 aromatic heterocycles. The van der Waals surface area contributed by atoms with Crippen LogP contribution in [-0.2, 0) is 11.2 Å². The molecule has 0 unspecified atom stereocenters. The number of rotatable bonds is 7. The van der Waals surface area contributed by atoms with Gasteiger partial charge < -0.3 is 10.6 Å². The summed E-state index contributed by atoms with van der Waals surface area (Å²) in [5.74, 6) is -0.458. The third kappa shape index (κ3) is 5.72. The zero-order valence-corrected chi connectivity index (χ0v) is 11.6. The second-order valence-electron chi connectivity index (χ2n) is 3.95. The molecule has 1 rings (SSSR count). The molecule has 0 aliphatic carbocycles. The Morgan fingerprint density at radius 1 is 1.45 bits per heavy atom. The molecule has 1 aromatic rings. The molecule has 0 radical (unpaired) electrons. The number of nitrogens with zero attached hydrogens (tertiary/aromatic N) is 1. The van der Waals surface area contributed by atoms with E-state index >= 15 is 0 Å². The van der Waals surface area contributed by atoms with E-state index < -0.39 is 5.91 Å². The first kappa shape index (κ1) is 16.0. The first-order valence-corrected chi connectivity index (χ1v) is 6.63. The smallest absolute Gasteiger partial charge is 0.263 e. The number of alkyl halides is 1. The standard InChI is InChI=1S/C14H15ClFN3O/c15-5-7-19-14(20)12(9-17)10-18-6-4-11-2-1-3-13(16)8-11/h1-3,8,10,18H,4-7H2,(H,19,20)/b12-10-. The van der Waals surface area contributed by atoms with E-state index in [1.807, 2.05) is 6.07 Å². The van der Waals surface area contributed by atoms with Gasteiger partial charge in [0.2, 0.25) is 0 Å². The van der Waals surface area contributed by atoms with Crippen LogP contribution >= 0.6 is 11.6 Å². The molecule has 2 N–H and O–H groups in total. The van der Waals surface area contributed by atoms with Crippen LogP contribution in [0.15, 0.2) is 36.0 Å². The van der Waals surface area contributed by atoms with E-state index in [1.165, 1.54) is 18.3 Å². The fourth-order valence-corrected chi connectivity index (χ4v) is 1.58. The first-order chi connectivity index (χ1) is 9.67. The highest BCUT2D eigenvalue weighted by atomic mass is 35.5. The fraction of sp³-hybridized carbons (Fsp3) is 0.286. The number of carbonyl (C=O) groups is 1.